The fraction of sp³-hybridized carbons (Fsp3) is 0.538. The lowest BCUT2D eigenvalue weighted by Crippen LogP contribution is -2.23. The van der Waals surface area contributed by atoms with E-state index in [-0.39, 0.29) is 6.61 Å². The van der Waals surface area contributed by atoms with Crippen molar-refractivity contribution in [2.45, 2.75) is 37.8 Å². The Bertz CT molecular complexity index is 284. The molecule has 0 bridgehead atoms. The molecule has 1 rings (SSSR count). The van der Waals surface area contributed by atoms with Crippen molar-refractivity contribution in [1.82, 2.24) is 5.32 Å². The molecule has 0 fully saturated rings. The largest absolute Gasteiger partial charge is 0.392 e. The van der Waals surface area contributed by atoms with Gasteiger partial charge in [-0.2, -0.15) is 0 Å². The first kappa shape index (κ1) is 13.6. The smallest absolute Gasteiger partial charge is 0.0681 e. The molecule has 0 aliphatic rings. The Labute approximate surface area is 102 Å². The van der Waals surface area contributed by atoms with Gasteiger partial charge in [-0.3, -0.25) is 0 Å². The molecule has 0 amide bonds. The third kappa shape index (κ3) is 5.54. The molecule has 3 heteroatoms. The Kier molecular flexibility index (Phi) is 6.53. The number of rotatable bonds is 7. The van der Waals surface area contributed by atoms with E-state index in [4.69, 9.17) is 5.11 Å². The fourth-order valence-corrected chi connectivity index (χ4v) is 2.20. The van der Waals surface area contributed by atoms with Crippen LogP contribution in [0.15, 0.2) is 29.2 Å². The Morgan fingerprint density at radius 2 is 1.94 bits per heavy atom. The minimum atomic E-state index is 0.128. The van der Waals surface area contributed by atoms with E-state index in [2.05, 4.69) is 31.3 Å². The highest BCUT2D eigenvalue weighted by Crippen LogP contribution is 2.18. The van der Waals surface area contributed by atoms with Crippen molar-refractivity contribution in [3.8, 4) is 0 Å². The molecule has 0 unspecified atom stereocenters. The van der Waals surface area contributed by atoms with Gasteiger partial charge in [-0.25, -0.2) is 0 Å². The van der Waals surface area contributed by atoms with Gasteiger partial charge in [0.1, 0.15) is 0 Å². The van der Waals surface area contributed by atoms with Crippen molar-refractivity contribution < 1.29 is 5.11 Å². The summed E-state index contributed by atoms with van der Waals surface area (Å²) in [6.45, 7) is 5.55. The summed E-state index contributed by atoms with van der Waals surface area (Å²) in [6, 6.07) is 8.69. The molecule has 0 aliphatic heterocycles. The van der Waals surface area contributed by atoms with Crippen LogP contribution in [-0.2, 0) is 6.61 Å². The minimum Gasteiger partial charge on any atom is -0.392 e. The van der Waals surface area contributed by atoms with Crippen molar-refractivity contribution in [3.05, 3.63) is 29.8 Å². The van der Waals surface area contributed by atoms with Gasteiger partial charge in [-0.15, -0.1) is 11.8 Å². The van der Waals surface area contributed by atoms with Gasteiger partial charge in [0.15, 0.2) is 0 Å². The number of hydrogen-bond acceptors (Lipinski definition) is 3. The zero-order chi connectivity index (χ0) is 11.8. The summed E-state index contributed by atoms with van der Waals surface area (Å²) in [5.74, 6) is 1.14. The van der Waals surface area contributed by atoms with Crippen LogP contribution in [0.1, 0.15) is 25.8 Å². The van der Waals surface area contributed by atoms with Crippen LogP contribution in [0.3, 0.4) is 0 Å². The summed E-state index contributed by atoms with van der Waals surface area (Å²) >= 11 is 1.87. The van der Waals surface area contributed by atoms with Crippen molar-refractivity contribution in [1.29, 1.82) is 0 Å². The van der Waals surface area contributed by atoms with Gasteiger partial charge < -0.3 is 10.4 Å². The SMILES string of the molecule is CC(C)NCCCSc1ccc(CO)cc1. The predicted octanol–water partition coefficient (Wildman–Crippen LogP) is 2.66. The van der Waals surface area contributed by atoms with E-state index < -0.39 is 0 Å². The van der Waals surface area contributed by atoms with Crippen molar-refractivity contribution in [2.24, 2.45) is 0 Å². The van der Waals surface area contributed by atoms with E-state index in [1.165, 1.54) is 11.3 Å². The van der Waals surface area contributed by atoms with E-state index in [0.29, 0.717) is 6.04 Å². The Morgan fingerprint density at radius 3 is 2.50 bits per heavy atom. The van der Waals surface area contributed by atoms with Gasteiger partial charge in [0.05, 0.1) is 6.61 Å². The highest BCUT2D eigenvalue weighted by atomic mass is 32.2. The maximum Gasteiger partial charge on any atom is 0.0681 e. The monoisotopic (exact) mass is 239 g/mol. The molecule has 2 nitrogen and oxygen atoms in total. The van der Waals surface area contributed by atoms with Crippen LogP contribution in [0.4, 0.5) is 0 Å². The molecule has 0 aliphatic carbocycles. The van der Waals surface area contributed by atoms with Crippen molar-refractivity contribution >= 4 is 11.8 Å². The lowest BCUT2D eigenvalue weighted by atomic mass is 10.2. The summed E-state index contributed by atoms with van der Waals surface area (Å²) in [7, 11) is 0. The van der Waals surface area contributed by atoms with E-state index in [1.807, 2.05) is 23.9 Å². The van der Waals surface area contributed by atoms with Crippen LogP contribution in [0.25, 0.3) is 0 Å². The third-order valence-corrected chi connectivity index (χ3v) is 3.35. The number of nitrogens with one attached hydrogen (secondary N) is 1. The van der Waals surface area contributed by atoms with Gasteiger partial charge in [0, 0.05) is 10.9 Å². The standard InChI is InChI=1S/C13H21NOS/c1-11(2)14-8-3-9-16-13-6-4-12(10-15)5-7-13/h4-7,11,14-15H,3,8-10H2,1-2H3. The molecule has 0 heterocycles. The second kappa shape index (κ2) is 7.71. The number of thioether (sulfide) groups is 1. The average Bonchev–Trinajstić information content (AvgIpc) is 2.29. The molecule has 0 atom stereocenters. The summed E-state index contributed by atoms with van der Waals surface area (Å²) < 4.78 is 0. The Hall–Kier alpha value is -0.510. The first-order valence-electron chi connectivity index (χ1n) is 5.78. The zero-order valence-corrected chi connectivity index (χ0v) is 10.9. The summed E-state index contributed by atoms with van der Waals surface area (Å²) in [6.07, 6.45) is 1.19. The van der Waals surface area contributed by atoms with Gasteiger partial charge in [-0.05, 0) is 36.4 Å². The quantitative estimate of drug-likeness (QED) is 0.567. The second-order valence-electron chi connectivity index (χ2n) is 4.11. The van der Waals surface area contributed by atoms with Gasteiger partial charge >= 0.3 is 0 Å². The lowest BCUT2D eigenvalue weighted by Gasteiger charge is -2.07. The van der Waals surface area contributed by atoms with E-state index in [1.54, 1.807) is 0 Å². The molecule has 0 radical (unpaired) electrons. The number of hydrogen-bond donors (Lipinski definition) is 2. The third-order valence-electron chi connectivity index (χ3n) is 2.25. The van der Waals surface area contributed by atoms with E-state index in [0.717, 1.165) is 17.9 Å². The first-order chi connectivity index (χ1) is 7.72. The molecule has 0 saturated carbocycles. The lowest BCUT2D eigenvalue weighted by molar-refractivity contribution is 0.282. The summed E-state index contributed by atoms with van der Waals surface area (Å²) in [5.41, 5.74) is 0.978. The molecular weight excluding hydrogens is 218 g/mol. The van der Waals surface area contributed by atoms with E-state index in [9.17, 15) is 0 Å². The zero-order valence-electron chi connectivity index (χ0n) is 10.1. The van der Waals surface area contributed by atoms with Gasteiger partial charge in [-0.1, -0.05) is 26.0 Å². The molecule has 1 aromatic carbocycles. The second-order valence-corrected chi connectivity index (χ2v) is 5.28. The molecule has 0 saturated heterocycles. The Morgan fingerprint density at radius 1 is 1.25 bits per heavy atom. The number of aliphatic hydroxyl groups is 1. The van der Waals surface area contributed by atoms with Gasteiger partial charge in [0.25, 0.3) is 0 Å². The average molecular weight is 239 g/mol. The van der Waals surface area contributed by atoms with Crippen molar-refractivity contribution in [2.75, 3.05) is 12.3 Å². The van der Waals surface area contributed by atoms with E-state index >= 15 is 0 Å². The van der Waals surface area contributed by atoms with Crippen LogP contribution < -0.4 is 5.32 Å². The molecule has 0 aromatic heterocycles. The van der Waals surface area contributed by atoms with Crippen LogP contribution in [0.2, 0.25) is 0 Å². The Balaban J connectivity index is 2.16. The summed E-state index contributed by atoms with van der Waals surface area (Å²) in [4.78, 5) is 1.28. The van der Waals surface area contributed by atoms with Crippen LogP contribution >= 0.6 is 11.8 Å². The van der Waals surface area contributed by atoms with Gasteiger partial charge in [0.2, 0.25) is 0 Å². The molecule has 2 N–H and O–H groups in total. The topological polar surface area (TPSA) is 32.3 Å². The van der Waals surface area contributed by atoms with Crippen LogP contribution in [0.5, 0.6) is 0 Å². The maximum absolute atomic E-state index is 8.91. The first-order valence-corrected chi connectivity index (χ1v) is 6.77. The number of aliphatic hydroxyl groups excluding tert-OH is 1. The highest BCUT2D eigenvalue weighted by Gasteiger charge is 1.96. The molecule has 90 valence electrons. The molecule has 0 spiro atoms. The van der Waals surface area contributed by atoms with Crippen LogP contribution in [0, 0.1) is 0 Å². The molecular formula is C13H21NOS. The maximum atomic E-state index is 8.91. The predicted molar refractivity (Wildman–Crippen MR) is 70.8 cm³/mol. The van der Waals surface area contributed by atoms with Crippen LogP contribution in [-0.4, -0.2) is 23.4 Å². The molecule has 1 aromatic rings. The summed E-state index contributed by atoms with van der Waals surface area (Å²) in [5, 5.41) is 12.3. The fourth-order valence-electron chi connectivity index (χ4n) is 1.34. The molecule has 16 heavy (non-hydrogen) atoms. The minimum absolute atomic E-state index is 0.128. The van der Waals surface area contributed by atoms with Crippen molar-refractivity contribution in [3.63, 3.8) is 0 Å². The highest BCUT2D eigenvalue weighted by molar-refractivity contribution is 7.99. The number of benzene rings is 1. The normalized spacial score (nSPS) is 11.0.